The summed E-state index contributed by atoms with van der Waals surface area (Å²) in [6.45, 7) is 9.25. The molecule has 2 N–H and O–H groups in total. The van der Waals surface area contributed by atoms with Gasteiger partial charge < -0.3 is 20.4 Å². The maximum atomic E-state index is 12.8. The number of hydrogen-bond donors (Lipinski definition) is 2. The van der Waals surface area contributed by atoms with Gasteiger partial charge in [0.2, 0.25) is 5.95 Å². The van der Waals surface area contributed by atoms with Crippen LogP contribution in [0.5, 0.6) is 0 Å². The monoisotopic (exact) mass is 558 g/mol. The zero-order valence-electron chi connectivity index (χ0n) is 20.4. The fraction of sp³-hybridized carbons (Fsp3) is 0.360. The van der Waals surface area contributed by atoms with Gasteiger partial charge in [-0.25, -0.2) is 13.4 Å². The van der Waals surface area contributed by atoms with Crippen molar-refractivity contribution in [1.29, 1.82) is 0 Å². The van der Waals surface area contributed by atoms with Crippen LogP contribution < -0.4 is 15.5 Å². The first kappa shape index (κ1) is 25.4. The number of benzene rings is 2. The van der Waals surface area contributed by atoms with E-state index in [-0.39, 0.29) is 4.90 Å². The van der Waals surface area contributed by atoms with Gasteiger partial charge in [-0.15, -0.1) is 0 Å². The fourth-order valence-corrected chi connectivity index (χ4v) is 5.23. The van der Waals surface area contributed by atoms with Crippen LogP contribution in [0.2, 0.25) is 0 Å². The Morgan fingerprint density at radius 1 is 0.943 bits per heavy atom. The van der Waals surface area contributed by atoms with E-state index in [9.17, 15) is 8.42 Å². The third-order valence-corrected chi connectivity index (χ3v) is 9.02. The molecule has 2 aromatic carbocycles. The minimum atomic E-state index is -3.47. The first-order chi connectivity index (χ1) is 16.5. The molecule has 10 heteroatoms. The molecule has 0 spiro atoms. The van der Waals surface area contributed by atoms with Crippen LogP contribution in [0, 0.1) is 0 Å². The van der Waals surface area contributed by atoms with E-state index in [0.717, 1.165) is 31.9 Å². The topological polar surface area (TPSA) is 90.5 Å². The van der Waals surface area contributed by atoms with Gasteiger partial charge in [-0.05, 0) is 86.2 Å². The lowest BCUT2D eigenvalue weighted by atomic mass is 10.2. The van der Waals surface area contributed by atoms with Gasteiger partial charge >= 0.3 is 0 Å². The molecule has 8 nitrogen and oxygen atoms in total. The normalized spacial score (nSPS) is 15.2. The van der Waals surface area contributed by atoms with Gasteiger partial charge in [0, 0.05) is 49.4 Å². The summed E-state index contributed by atoms with van der Waals surface area (Å²) in [5, 5.41) is 6.45. The number of nitrogens with zero attached hydrogens (tertiary/aromatic N) is 4. The molecule has 1 aliphatic rings. The predicted octanol–water partition coefficient (Wildman–Crippen LogP) is 5.05. The molecule has 35 heavy (non-hydrogen) atoms. The first-order valence-corrected chi connectivity index (χ1v) is 13.8. The highest BCUT2D eigenvalue weighted by Crippen LogP contribution is 2.30. The maximum absolute atomic E-state index is 12.8. The number of rotatable bonds is 6. The highest BCUT2D eigenvalue weighted by atomic mass is 79.9. The van der Waals surface area contributed by atoms with Crippen LogP contribution in [0.25, 0.3) is 0 Å². The molecule has 0 amide bonds. The number of nitrogens with one attached hydrogen (secondary N) is 2. The molecule has 4 rings (SSSR count). The quantitative estimate of drug-likeness (QED) is 0.434. The Hall–Kier alpha value is -2.69. The van der Waals surface area contributed by atoms with Gasteiger partial charge in [0.15, 0.2) is 9.84 Å². The number of halogens is 1. The molecule has 2 heterocycles. The Bertz CT molecular complexity index is 1280. The zero-order valence-corrected chi connectivity index (χ0v) is 22.8. The molecule has 0 bridgehead atoms. The average molecular weight is 560 g/mol. The van der Waals surface area contributed by atoms with Crippen molar-refractivity contribution >= 4 is 54.6 Å². The van der Waals surface area contributed by atoms with E-state index in [0.29, 0.717) is 21.9 Å². The molecule has 3 aromatic rings. The van der Waals surface area contributed by atoms with Crippen LogP contribution in [0.3, 0.4) is 0 Å². The number of sulfone groups is 1. The maximum Gasteiger partial charge on any atom is 0.229 e. The van der Waals surface area contributed by atoms with E-state index < -0.39 is 14.6 Å². The van der Waals surface area contributed by atoms with Crippen molar-refractivity contribution in [2.45, 2.75) is 30.4 Å². The second-order valence-corrected chi connectivity index (χ2v) is 13.2. The van der Waals surface area contributed by atoms with E-state index in [1.165, 1.54) is 5.69 Å². The van der Waals surface area contributed by atoms with E-state index in [1.807, 2.05) is 12.1 Å². The lowest BCUT2D eigenvalue weighted by Crippen LogP contribution is -2.44. The summed E-state index contributed by atoms with van der Waals surface area (Å²) >= 11 is 3.48. The third kappa shape index (κ3) is 5.94. The van der Waals surface area contributed by atoms with Gasteiger partial charge in [0.05, 0.1) is 14.1 Å². The molecule has 1 fully saturated rings. The minimum Gasteiger partial charge on any atom is -0.369 e. The first-order valence-electron chi connectivity index (χ1n) is 11.5. The predicted molar refractivity (Wildman–Crippen MR) is 146 cm³/mol. The Morgan fingerprint density at radius 2 is 1.63 bits per heavy atom. The summed E-state index contributed by atoms with van der Waals surface area (Å²) in [4.78, 5) is 13.9. The van der Waals surface area contributed by atoms with Crippen LogP contribution in [0.1, 0.15) is 20.8 Å². The molecular formula is C25H31BrN6O2S. The number of likely N-dealkylation sites (N-methyl/N-ethyl adjacent to an activating group) is 1. The second kappa shape index (κ2) is 10.1. The SMILES string of the molecule is CN1CCN(c2ccc(Nc3ncc(Br)c(Nc4cccc(S(=O)(=O)C(C)(C)C)c4)n3)cc2)CC1. The summed E-state index contributed by atoms with van der Waals surface area (Å²) in [6, 6.07) is 15.0. The molecule has 0 unspecified atom stereocenters. The van der Waals surface area contributed by atoms with Crippen LogP contribution in [0.4, 0.5) is 28.8 Å². The molecule has 186 valence electrons. The molecule has 0 aliphatic carbocycles. The van der Waals surface area contributed by atoms with E-state index in [4.69, 9.17) is 0 Å². The fourth-order valence-electron chi connectivity index (χ4n) is 3.70. The van der Waals surface area contributed by atoms with Gasteiger partial charge in [-0.2, -0.15) is 4.98 Å². The lowest BCUT2D eigenvalue weighted by molar-refractivity contribution is 0.313. The molecule has 1 saturated heterocycles. The van der Waals surface area contributed by atoms with Crippen molar-refractivity contribution in [1.82, 2.24) is 14.9 Å². The number of hydrogen-bond acceptors (Lipinski definition) is 8. The lowest BCUT2D eigenvalue weighted by Gasteiger charge is -2.34. The highest BCUT2D eigenvalue weighted by Gasteiger charge is 2.31. The number of anilines is 5. The summed E-state index contributed by atoms with van der Waals surface area (Å²) in [7, 11) is -1.32. The Labute approximate surface area is 215 Å². The van der Waals surface area contributed by atoms with E-state index in [1.54, 1.807) is 51.2 Å². The van der Waals surface area contributed by atoms with Crippen LogP contribution >= 0.6 is 15.9 Å². The highest BCUT2D eigenvalue weighted by molar-refractivity contribution is 9.10. The minimum absolute atomic E-state index is 0.263. The van der Waals surface area contributed by atoms with Crippen molar-refractivity contribution in [2.75, 3.05) is 48.8 Å². The van der Waals surface area contributed by atoms with Gasteiger partial charge in [0.25, 0.3) is 0 Å². The molecular weight excluding hydrogens is 528 g/mol. The van der Waals surface area contributed by atoms with Crippen molar-refractivity contribution in [3.05, 3.63) is 59.2 Å². The Balaban J connectivity index is 1.49. The largest absolute Gasteiger partial charge is 0.369 e. The Kier molecular flexibility index (Phi) is 7.35. The van der Waals surface area contributed by atoms with Crippen LogP contribution in [-0.4, -0.2) is 61.3 Å². The van der Waals surface area contributed by atoms with Crippen molar-refractivity contribution in [2.24, 2.45) is 0 Å². The van der Waals surface area contributed by atoms with Crippen LogP contribution in [-0.2, 0) is 9.84 Å². The van der Waals surface area contributed by atoms with Gasteiger partial charge in [-0.3, -0.25) is 0 Å². The number of aromatic nitrogens is 2. The molecule has 1 aliphatic heterocycles. The zero-order chi connectivity index (χ0) is 25.2. The number of piperazine rings is 1. The van der Waals surface area contributed by atoms with Crippen molar-refractivity contribution < 1.29 is 8.42 Å². The standard InChI is InChI=1S/C25H31BrN6O2S/c1-25(2,3)35(33,34)21-7-5-6-19(16-21)28-23-22(26)17-27-24(30-23)29-18-8-10-20(11-9-18)32-14-12-31(4)13-15-32/h5-11,16-17H,12-15H2,1-4H3,(H2,27,28,29,30). The molecule has 0 saturated carbocycles. The summed E-state index contributed by atoms with van der Waals surface area (Å²) in [5.41, 5.74) is 2.71. The molecule has 1 aromatic heterocycles. The average Bonchev–Trinajstić information content (AvgIpc) is 2.82. The van der Waals surface area contributed by atoms with Crippen molar-refractivity contribution in [3.8, 4) is 0 Å². The van der Waals surface area contributed by atoms with E-state index in [2.05, 4.69) is 65.5 Å². The summed E-state index contributed by atoms with van der Waals surface area (Å²) < 4.78 is 25.5. The summed E-state index contributed by atoms with van der Waals surface area (Å²) in [5.74, 6) is 0.961. The van der Waals surface area contributed by atoms with Crippen LogP contribution in [0.15, 0.2) is 64.1 Å². The van der Waals surface area contributed by atoms with Gasteiger partial charge in [-0.1, -0.05) is 6.07 Å². The third-order valence-electron chi connectivity index (χ3n) is 5.95. The van der Waals surface area contributed by atoms with Gasteiger partial charge in [0.1, 0.15) is 5.82 Å². The Morgan fingerprint density at radius 3 is 2.29 bits per heavy atom. The molecule has 0 radical (unpaired) electrons. The molecule has 0 atom stereocenters. The van der Waals surface area contributed by atoms with Crippen molar-refractivity contribution in [3.63, 3.8) is 0 Å². The van der Waals surface area contributed by atoms with E-state index >= 15 is 0 Å². The smallest absolute Gasteiger partial charge is 0.229 e. The summed E-state index contributed by atoms with van der Waals surface area (Å²) in [6.07, 6.45) is 1.66. The second-order valence-electron chi connectivity index (χ2n) is 9.62.